The fourth-order valence-corrected chi connectivity index (χ4v) is 1.87. The van der Waals surface area contributed by atoms with Crippen LogP contribution in [0.3, 0.4) is 0 Å². The Morgan fingerprint density at radius 2 is 2.06 bits per heavy atom. The molecule has 0 aromatic rings. The highest BCUT2D eigenvalue weighted by molar-refractivity contribution is 6.02. The first kappa shape index (κ1) is 14.2. The van der Waals surface area contributed by atoms with Crippen LogP contribution in [-0.4, -0.2) is 42.9 Å². The van der Waals surface area contributed by atoms with Gasteiger partial charge in [0.25, 0.3) is 5.91 Å². The van der Waals surface area contributed by atoms with E-state index >= 15 is 0 Å². The van der Waals surface area contributed by atoms with Crippen molar-refractivity contribution in [1.82, 2.24) is 10.2 Å². The van der Waals surface area contributed by atoms with Crippen molar-refractivity contribution in [2.45, 2.75) is 20.3 Å². The quantitative estimate of drug-likeness (QED) is 0.719. The normalized spacial score (nSPS) is 18.7. The van der Waals surface area contributed by atoms with E-state index < -0.39 is 11.9 Å². The molecule has 0 radical (unpaired) electrons. The van der Waals surface area contributed by atoms with E-state index in [0.717, 1.165) is 0 Å². The Balaban J connectivity index is 2.99. The lowest BCUT2D eigenvalue weighted by Crippen LogP contribution is -2.41. The highest BCUT2D eigenvalue weighted by Crippen LogP contribution is 2.22. The van der Waals surface area contributed by atoms with Crippen LogP contribution in [0.2, 0.25) is 0 Å². The molecule has 1 aliphatic heterocycles. The zero-order chi connectivity index (χ0) is 13.7. The largest absolute Gasteiger partial charge is 0.469 e. The SMILES string of the molecule is CCN(CC)C(=O)C1=CNC(=O)C[C@H]1C(=O)OC. The van der Waals surface area contributed by atoms with Crippen LogP contribution in [0.1, 0.15) is 20.3 Å². The second-order valence-corrected chi connectivity index (χ2v) is 3.92. The number of methoxy groups -OCH3 is 1. The fourth-order valence-electron chi connectivity index (χ4n) is 1.87. The molecule has 1 heterocycles. The molecule has 18 heavy (non-hydrogen) atoms. The van der Waals surface area contributed by atoms with Gasteiger partial charge in [0.1, 0.15) is 0 Å². The average molecular weight is 254 g/mol. The summed E-state index contributed by atoms with van der Waals surface area (Å²) in [6.07, 6.45) is 1.26. The fraction of sp³-hybridized carbons (Fsp3) is 0.583. The molecule has 0 aromatic carbocycles. The monoisotopic (exact) mass is 254 g/mol. The Hall–Kier alpha value is -1.85. The van der Waals surface area contributed by atoms with Gasteiger partial charge in [-0.3, -0.25) is 14.4 Å². The molecule has 0 saturated heterocycles. The molecular weight excluding hydrogens is 236 g/mol. The van der Waals surface area contributed by atoms with Gasteiger partial charge in [-0.15, -0.1) is 0 Å². The number of nitrogens with one attached hydrogen (secondary N) is 1. The van der Waals surface area contributed by atoms with Crippen LogP contribution in [-0.2, 0) is 19.1 Å². The molecule has 1 aliphatic rings. The molecule has 1 N–H and O–H groups in total. The van der Waals surface area contributed by atoms with E-state index in [4.69, 9.17) is 0 Å². The summed E-state index contributed by atoms with van der Waals surface area (Å²) in [5.74, 6) is -1.90. The number of amides is 2. The van der Waals surface area contributed by atoms with E-state index in [0.29, 0.717) is 13.1 Å². The lowest BCUT2D eigenvalue weighted by molar-refractivity contribution is -0.147. The molecule has 0 aliphatic carbocycles. The molecule has 100 valence electrons. The molecule has 2 amide bonds. The van der Waals surface area contributed by atoms with Crippen LogP contribution in [0.4, 0.5) is 0 Å². The highest BCUT2D eigenvalue weighted by atomic mass is 16.5. The predicted octanol–water partition coefficient (Wildman–Crippen LogP) is 0.0478. The van der Waals surface area contributed by atoms with Crippen LogP contribution in [0.5, 0.6) is 0 Å². The number of hydrogen-bond donors (Lipinski definition) is 1. The minimum absolute atomic E-state index is 0.0501. The second-order valence-electron chi connectivity index (χ2n) is 3.92. The molecular formula is C12H18N2O4. The van der Waals surface area contributed by atoms with Crippen LogP contribution in [0.25, 0.3) is 0 Å². The lowest BCUT2D eigenvalue weighted by atomic mass is 9.92. The molecule has 0 unspecified atom stereocenters. The number of esters is 1. The topological polar surface area (TPSA) is 75.7 Å². The van der Waals surface area contributed by atoms with Gasteiger partial charge in [-0.05, 0) is 13.8 Å². The smallest absolute Gasteiger partial charge is 0.313 e. The van der Waals surface area contributed by atoms with Gasteiger partial charge >= 0.3 is 5.97 Å². The van der Waals surface area contributed by atoms with Gasteiger partial charge in [0.05, 0.1) is 13.0 Å². The summed E-state index contributed by atoms with van der Waals surface area (Å²) >= 11 is 0. The number of hydrogen-bond acceptors (Lipinski definition) is 4. The van der Waals surface area contributed by atoms with Crippen LogP contribution in [0, 0.1) is 5.92 Å². The first-order chi connectivity index (χ1) is 8.54. The van der Waals surface area contributed by atoms with Gasteiger partial charge in [0.15, 0.2) is 0 Å². The van der Waals surface area contributed by atoms with Crippen molar-refractivity contribution < 1.29 is 19.1 Å². The van der Waals surface area contributed by atoms with E-state index in [2.05, 4.69) is 10.1 Å². The van der Waals surface area contributed by atoms with Crippen LogP contribution in [0.15, 0.2) is 11.8 Å². The van der Waals surface area contributed by atoms with Crippen molar-refractivity contribution in [1.29, 1.82) is 0 Å². The van der Waals surface area contributed by atoms with E-state index in [1.165, 1.54) is 13.3 Å². The zero-order valence-electron chi connectivity index (χ0n) is 10.9. The third kappa shape index (κ3) is 2.88. The number of ether oxygens (including phenoxy) is 1. The molecule has 6 nitrogen and oxygen atoms in total. The summed E-state index contributed by atoms with van der Waals surface area (Å²) in [7, 11) is 1.24. The number of carbonyl (C=O) groups is 3. The predicted molar refractivity (Wildman–Crippen MR) is 64.3 cm³/mol. The highest BCUT2D eigenvalue weighted by Gasteiger charge is 2.35. The van der Waals surface area contributed by atoms with Crippen molar-refractivity contribution in [2.75, 3.05) is 20.2 Å². The van der Waals surface area contributed by atoms with Gasteiger partial charge in [-0.2, -0.15) is 0 Å². The van der Waals surface area contributed by atoms with Crippen molar-refractivity contribution in [3.8, 4) is 0 Å². The maximum atomic E-state index is 12.2. The molecule has 0 aromatic heterocycles. The van der Waals surface area contributed by atoms with Crippen LogP contribution >= 0.6 is 0 Å². The number of rotatable bonds is 4. The summed E-state index contributed by atoms with van der Waals surface area (Å²) < 4.78 is 4.63. The molecule has 1 rings (SSSR count). The van der Waals surface area contributed by atoms with E-state index in [1.54, 1.807) is 4.90 Å². The Bertz CT molecular complexity index is 386. The van der Waals surface area contributed by atoms with Gasteiger partial charge in [0, 0.05) is 31.3 Å². The maximum absolute atomic E-state index is 12.2. The third-order valence-electron chi connectivity index (χ3n) is 2.94. The van der Waals surface area contributed by atoms with Gasteiger partial charge < -0.3 is 15.0 Å². The van der Waals surface area contributed by atoms with E-state index in [-0.39, 0.29) is 23.8 Å². The summed E-state index contributed by atoms with van der Waals surface area (Å²) in [6.45, 7) is 4.82. The summed E-state index contributed by atoms with van der Waals surface area (Å²) in [6, 6.07) is 0. The first-order valence-corrected chi connectivity index (χ1v) is 5.91. The molecule has 6 heteroatoms. The molecule has 0 bridgehead atoms. The Kier molecular flexibility index (Phi) is 4.88. The number of likely N-dealkylation sites (N-methyl/N-ethyl adjacent to an activating group) is 1. The first-order valence-electron chi connectivity index (χ1n) is 5.91. The van der Waals surface area contributed by atoms with Crippen LogP contribution < -0.4 is 5.32 Å². The number of carbonyl (C=O) groups excluding carboxylic acids is 3. The lowest BCUT2D eigenvalue weighted by Gasteiger charge is -2.26. The summed E-state index contributed by atoms with van der Waals surface area (Å²) in [4.78, 5) is 36.7. The summed E-state index contributed by atoms with van der Waals surface area (Å²) in [5, 5.41) is 2.47. The van der Waals surface area contributed by atoms with Crippen molar-refractivity contribution in [3.63, 3.8) is 0 Å². The van der Waals surface area contributed by atoms with E-state index in [1.807, 2.05) is 13.8 Å². The molecule has 1 atom stereocenters. The average Bonchev–Trinajstić information content (AvgIpc) is 2.38. The minimum Gasteiger partial charge on any atom is -0.469 e. The van der Waals surface area contributed by atoms with Gasteiger partial charge in [-0.25, -0.2) is 0 Å². The Morgan fingerprint density at radius 1 is 1.44 bits per heavy atom. The van der Waals surface area contributed by atoms with E-state index in [9.17, 15) is 14.4 Å². The number of nitrogens with zero attached hydrogens (tertiary/aromatic N) is 1. The van der Waals surface area contributed by atoms with Crippen molar-refractivity contribution in [2.24, 2.45) is 5.92 Å². The van der Waals surface area contributed by atoms with Gasteiger partial charge in [-0.1, -0.05) is 0 Å². The minimum atomic E-state index is -0.808. The Morgan fingerprint density at radius 3 is 2.56 bits per heavy atom. The zero-order valence-corrected chi connectivity index (χ0v) is 10.9. The maximum Gasteiger partial charge on any atom is 0.313 e. The second kappa shape index (κ2) is 6.18. The van der Waals surface area contributed by atoms with Gasteiger partial charge in [0.2, 0.25) is 5.91 Å². The third-order valence-corrected chi connectivity index (χ3v) is 2.94. The van der Waals surface area contributed by atoms with Crippen molar-refractivity contribution in [3.05, 3.63) is 11.8 Å². The standard InChI is InChI=1S/C12H18N2O4/c1-4-14(5-2)11(16)9-7-13-10(15)6-8(9)12(17)18-3/h7-8H,4-6H2,1-3H3,(H,13,15)/t8-/m1/s1. The molecule has 0 spiro atoms. The molecule has 0 saturated carbocycles. The van der Waals surface area contributed by atoms with Crippen molar-refractivity contribution >= 4 is 17.8 Å². The Labute approximate surface area is 106 Å². The molecule has 0 fully saturated rings. The summed E-state index contributed by atoms with van der Waals surface area (Å²) in [5.41, 5.74) is 0.283.